The Morgan fingerprint density at radius 2 is 2.05 bits per heavy atom. The van der Waals surface area contributed by atoms with E-state index in [0.717, 1.165) is 43.0 Å². The molecule has 1 aromatic heterocycles. The zero-order valence-corrected chi connectivity index (χ0v) is 23.3. The molecule has 39 heavy (non-hydrogen) atoms. The minimum atomic E-state index is -1.08. The van der Waals surface area contributed by atoms with E-state index < -0.39 is 18.3 Å². The van der Waals surface area contributed by atoms with Gasteiger partial charge in [-0.05, 0) is 76.0 Å². The fraction of sp³-hybridized carbons (Fsp3) is 0.633. The predicted octanol–water partition coefficient (Wildman–Crippen LogP) is 3.84. The van der Waals surface area contributed by atoms with E-state index in [1.165, 1.54) is 6.42 Å². The maximum absolute atomic E-state index is 13.9. The molecular formula is C30H41N5O4. The predicted molar refractivity (Wildman–Crippen MR) is 148 cm³/mol. The van der Waals surface area contributed by atoms with Crippen molar-refractivity contribution < 1.29 is 19.4 Å². The van der Waals surface area contributed by atoms with Crippen LogP contribution in [0.3, 0.4) is 0 Å². The molecule has 4 atom stereocenters. The van der Waals surface area contributed by atoms with Gasteiger partial charge >= 0.3 is 0 Å². The van der Waals surface area contributed by atoms with Crippen LogP contribution in [0.15, 0.2) is 24.3 Å². The summed E-state index contributed by atoms with van der Waals surface area (Å²) in [5, 5.41) is 28.3. The van der Waals surface area contributed by atoms with Crippen molar-refractivity contribution in [1.82, 2.24) is 20.5 Å². The zero-order valence-electron chi connectivity index (χ0n) is 23.3. The lowest BCUT2D eigenvalue weighted by molar-refractivity contribution is -0.129. The number of nitriles is 1. The van der Waals surface area contributed by atoms with E-state index in [-0.39, 0.29) is 28.7 Å². The zero-order chi connectivity index (χ0) is 27.8. The maximum atomic E-state index is 13.9. The molecule has 0 radical (unpaired) electrons. The molecule has 3 fully saturated rings. The van der Waals surface area contributed by atoms with Crippen LogP contribution in [0.2, 0.25) is 0 Å². The van der Waals surface area contributed by atoms with Gasteiger partial charge in [0.25, 0.3) is 5.91 Å². The summed E-state index contributed by atoms with van der Waals surface area (Å²) in [6.07, 6.45) is 6.96. The number of aromatic amines is 1. The van der Waals surface area contributed by atoms with Gasteiger partial charge in [0.05, 0.1) is 25.3 Å². The number of H-pyrrole nitrogens is 1. The van der Waals surface area contributed by atoms with Gasteiger partial charge < -0.3 is 25.0 Å². The molecule has 0 bridgehead atoms. The van der Waals surface area contributed by atoms with Crippen molar-refractivity contribution in [2.24, 2.45) is 11.3 Å². The first kappa shape index (κ1) is 27.5. The molecule has 2 unspecified atom stereocenters. The van der Waals surface area contributed by atoms with Crippen LogP contribution in [0.1, 0.15) is 82.1 Å². The molecule has 1 saturated carbocycles. The first-order valence-corrected chi connectivity index (χ1v) is 14.3. The summed E-state index contributed by atoms with van der Waals surface area (Å²) in [7, 11) is 1.61. The van der Waals surface area contributed by atoms with Gasteiger partial charge in [-0.1, -0.05) is 25.3 Å². The van der Waals surface area contributed by atoms with Gasteiger partial charge in [0.2, 0.25) is 5.91 Å². The number of hydrogen-bond donors (Lipinski definition) is 4. The summed E-state index contributed by atoms with van der Waals surface area (Å²) in [5.41, 5.74) is 1.01. The van der Waals surface area contributed by atoms with E-state index >= 15 is 0 Å². The lowest BCUT2D eigenvalue weighted by atomic mass is 9.72. The monoisotopic (exact) mass is 535 g/mol. The van der Waals surface area contributed by atoms with Crippen LogP contribution < -0.4 is 15.4 Å². The van der Waals surface area contributed by atoms with E-state index in [9.17, 15) is 20.0 Å². The van der Waals surface area contributed by atoms with Crippen molar-refractivity contribution in [3.05, 3.63) is 30.0 Å². The summed E-state index contributed by atoms with van der Waals surface area (Å²) in [5.74, 6) is 0.202. The topological polar surface area (TPSA) is 130 Å². The molecule has 1 aliphatic carbocycles. The lowest BCUT2D eigenvalue weighted by Gasteiger charge is -2.36. The van der Waals surface area contributed by atoms with Crippen molar-refractivity contribution in [2.75, 3.05) is 13.7 Å². The minimum absolute atomic E-state index is 0.0259. The molecule has 9 heteroatoms. The summed E-state index contributed by atoms with van der Waals surface area (Å²) in [6.45, 7) is 4.58. The summed E-state index contributed by atoms with van der Waals surface area (Å²) in [4.78, 5) is 31.6. The number of ether oxygens (including phenoxy) is 1. The summed E-state index contributed by atoms with van der Waals surface area (Å²) >= 11 is 0. The van der Waals surface area contributed by atoms with Crippen LogP contribution in [0.25, 0.3) is 10.9 Å². The number of amides is 2. The largest absolute Gasteiger partial charge is 0.496 e. The Balaban J connectivity index is 1.35. The fourth-order valence-corrected chi connectivity index (χ4v) is 6.99. The highest BCUT2D eigenvalue weighted by molar-refractivity contribution is 6.00. The highest BCUT2D eigenvalue weighted by Crippen LogP contribution is 2.47. The standard InChI is InChI=1S/C30H41N5O4/c1-29(2)13-10-19(26(36)34-29)14-20(17-31)32-27(37)24-16-30(11-5-4-6-12-30)18-35(24)28(38)23-15-21-22(33-23)8-7-9-25(21)39-3/h7-9,15,19-20,24,27,32-33,37H,4-6,10-14,16,18H2,1-3H3,(H,34,36)/t19-,20-,24?,27?/m0/s1. The quantitative estimate of drug-likeness (QED) is 0.399. The van der Waals surface area contributed by atoms with Crippen LogP contribution in [0.5, 0.6) is 5.75 Å². The Bertz CT molecular complexity index is 1260. The van der Waals surface area contributed by atoms with Crippen LogP contribution >= 0.6 is 0 Å². The van der Waals surface area contributed by atoms with Gasteiger partial charge in [0, 0.05) is 28.9 Å². The SMILES string of the molecule is COc1cccc2[nH]c(C(=O)N3CC4(CCCCC4)CC3C(O)N[C@H](C#N)C[C@@H]3CCC(C)(C)NC3=O)cc12. The van der Waals surface area contributed by atoms with Crippen molar-refractivity contribution in [2.45, 2.75) is 95.5 Å². The van der Waals surface area contributed by atoms with E-state index in [1.54, 1.807) is 12.0 Å². The van der Waals surface area contributed by atoms with Gasteiger partial charge in [0.1, 0.15) is 17.7 Å². The molecule has 2 saturated heterocycles. The molecule has 5 rings (SSSR count). The third kappa shape index (κ3) is 5.64. The van der Waals surface area contributed by atoms with Gasteiger partial charge in [-0.15, -0.1) is 0 Å². The Labute approximate surface area is 230 Å². The molecule has 3 heterocycles. The number of nitrogens with one attached hydrogen (secondary N) is 3. The van der Waals surface area contributed by atoms with E-state index in [0.29, 0.717) is 37.3 Å². The number of piperidine rings is 1. The molecule has 2 aromatic rings. The van der Waals surface area contributed by atoms with Crippen molar-refractivity contribution in [3.63, 3.8) is 0 Å². The first-order valence-electron chi connectivity index (χ1n) is 14.3. The molecule has 1 spiro atoms. The number of aliphatic hydroxyl groups is 1. The fourth-order valence-electron chi connectivity index (χ4n) is 6.99. The number of aromatic nitrogens is 1. The number of rotatable bonds is 7. The van der Waals surface area contributed by atoms with E-state index in [2.05, 4.69) is 21.7 Å². The molecular weight excluding hydrogens is 494 g/mol. The maximum Gasteiger partial charge on any atom is 0.270 e. The average molecular weight is 536 g/mol. The average Bonchev–Trinajstić information content (AvgIpc) is 3.51. The Morgan fingerprint density at radius 3 is 2.74 bits per heavy atom. The number of carbonyl (C=O) groups excluding carboxylic acids is 2. The number of methoxy groups -OCH3 is 1. The van der Waals surface area contributed by atoms with Gasteiger partial charge in [0.15, 0.2) is 0 Å². The van der Waals surface area contributed by atoms with Crippen LogP contribution in [0, 0.1) is 22.7 Å². The second-order valence-electron chi connectivity index (χ2n) is 12.5. The molecule has 210 valence electrons. The van der Waals surface area contributed by atoms with Crippen LogP contribution in [0.4, 0.5) is 0 Å². The second-order valence-corrected chi connectivity index (χ2v) is 12.5. The van der Waals surface area contributed by atoms with Crippen LogP contribution in [-0.4, -0.2) is 64.3 Å². The first-order chi connectivity index (χ1) is 18.6. The number of benzene rings is 1. The number of fused-ring (bicyclic) bond motifs is 1. The number of aliphatic hydroxyl groups excluding tert-OH is 1. The van der Waals surface area contributed by atoms with Crippen LogP contribution in [-0.2, 0) is 4.79 Å². The molecule has 2 amide bonds. The van der Waals surface area contributed by atoms with E-state index in [1.807, 2.05) is 38.1 Å². The Morgan fingerprint density at radius 1 is 1.28 bits per heavy atom. The number of hydrogen-bond acceptors (Lipinski definition) is 6. The van der Waals surface area contributed by atoms with Gasteiger partial charge in [-0.25, -0.2) is 0 Å². The third-order valence-corrected chi connectivity index (χ3v) is 9.16. The second kappa shape index (κ2) is 10.8. The van der Waals surface area contributed by atoms with E-state index in [4.69, 9.17) is 4.74 Å². The minimum Gasteiger partial charge on any atom is -0.496 e. The highest BCUT2D eigenvalue weighted by atomic mass is 16.5. The molecule has 3 aliphatic rings. The number of carbonyl (C=O) groups is 2. The molecule has 4 N–H and O–H groups in total. The molecule has 9 nitrogen and oxygen atoms in total. The van der Waals surface area contributed by atoms with Gasteiger partial charge in [-0.3, -0.25) is 14.9 Å². The van der Waals surface area contributed by atoms with Gasteiger partial charge in [-0.2, -0.15) is 5.26 Å². The summed E-state index contributed by atoms with van der Waals surface area (Å²) < 4.78 is 5.48. The Hall–Kier alpha value is -3.09. The highest BCUT2D eigenvalue weighted by Gasteiger charge is 2.49. The smallest absolute Gasteiger partial charge is 0.270 e. The normalized spacial score (nSPS) is 25.7. The van der Waals surface area contributed by atoms with Crippen molar-refractivity contribution in [3.8, 4) is 11.8 Å². The molecule has 2 aliphatic heterocycles. The number of nitrogens with zero attached hydrogens (tertiary/aromatic N) is 2. The molecule has 1 aromatic carbocycles. The summed E-state index contributed by atoms with van der Waals surface area (Å²) in [6, 6.07) is 8.55. The van der Waals surface area contributed by atoms with Crippen molar-refractivity contribution in [1.29, 1.82) is 5.26 Å². The van der Waals surface area contributed by atoms with Crippen molar-refractivity contribution >= 4 is 22.7 Å². The third-order valence-electron chi connectivity index (χ3n) is 9.16. The number of likely N-dealkylation sites (tertiary alicyclic amines) is 1. The lowest BCUT2D eigenvalue weighted by Crippen LogP contribution is -2.54. The Kier molecular flexibility index (Phi) is 7.62.